The molecule has 7 nitrogen and oxygen atoms in total. The molecule has 2 amide bonds. The number of nitrogens with zero attached hydrogens (tertiary/aromatic N) is 2. The molecule has 2 aromatic carbocycles. The smallest absolute Gasteiger partial charge is 0.289 e. The van der Waals surface area contributed by atoms with E-state index >= 15 is 0 Å². The van der Waals surface area contributed by atoms with Crippen LogP contribution < -0.4 is 10.1 Å². The number of furan rings is 1. The summed E-state index contributed by atoms with van der Waals surface area (Å²) in [4.78, 5) is 29.3. The van der Waals surface area contributed by atoms with E-state index in [1.165, 1.54) is 0 Å². The number of anilines is 1. The minimum Gasteiger partial charge on any atom is -0.493 e. The number of carbonyl (C=O) groups excluding carboxylic acids is 2. The molecule has 162 valence electrons. The normalized spacial score (nSPS) is 14.6. The van der Waals surface area contributed by atoms with E-state index in [1.54, 1.807) is 18.1 Å². The van der Waals surface area contributed by atoms with E-state index in [0.717, 1.165) is 22.2 Å². The Morgan fingerprint density at radius 3 is 2.39 bits per heavy atom. The molecule has 3 aromatic rings. The van der Waals surface area contributed by atoms with Crippen molar-refractivity contribution < 1.29 is 18.7 Å². The Hall–Kier alpha value is -3.32. The molecule has 1 aliphatic heterocycles. The Bertz CT molecular complexity index is 1090. The maximum atomic E-state index is 12.9. The zero-order chi connectivity index (χ0) is 22.0. The standard InChI is InChI=1S/C24H27N3O4/c1-16-6-4-7-17(2)22(16)25-21(28)15-26-10-12-27(13-11-26)24(29)20-14-18-8-5-9-19(30-3)23(18)31-20/h4-9,14H,10-13,15H2,1-3H3,(H,25,28). The number of piperazine rings is 1. The zero-order valence-corrected chi connectivity index (χ0v) is 18.1. The first-order valence-electron chi connectivity index (χ1n) is 10.4. The number of fused-ring (bicyclic) bond motifs is 1. The predicted octanol–water partition coefficient (Wildman–Crippen LogP) is 3.45. The van der Waals surface area contributed by atoms with Gasteiger partial charge in [-0.15, -0.1) is 0 Å². The molecule has 0 atom stereocenters. The van der Waals surface area contributed by atoms with Crippen molar-refractivity contribution in [1.82, 2.24) is 9.80 Å². The maximum Gasteiger partial charge on any atom is 0.289 e. The van der Waals surface area contributed by atoms with Crippen LogP contribution in [-0.2, 0) is 4.79 Å². The van der Waals surface area contributed by atoms with Crippen LogP contribution in [0.3, 0.4) is 0 Å². The largest absolute Gasteiger partial charge is 0.493 e. The minimum atomic E-state index is -0.141. The molecule has 0 radical (unpaired) electrons. The summed E-state index contributed by atoms with van der Waals surface area (Å²) in [5, 5.41) is 3.86. The third-order valence-corrected chi connectivity index (χ3v) is 5.71. The van der Waals surface area contributed by atoms with Crippen molar-refractivity contribution in [3.63, 3.8) is 0 Å². The number of benzene rings is 2. The van der Waals surface area contributed by atoms with Crippen LogP contribution in [-0.4, -0.2) is 61.4 Å². The molecule has 0 aliphatic carbocycles. The monoisotopic (exact) mass is 421 g/mol. The molecule has 0 bridgehead atoms. The summed E-state index contributed by atoms with van der Waals surface area (Å²) >= 11 is 0. The highest BCUT2D eigenvalue weighted by molar-refractivity contribution is 5.97. The Morgan fingerprint density at radius 2 is 1.71 bits per heavy atom. The van der Waals surface area contributed by atoms with Crippen LogP contribution >= 0.6 is 0 Å². The third-order valence-electron chi connectivity index (χ3n) is 5.71. The second-order valence-corrected chi connectivity index (χ2v) is 7.87. The van der Waals surface area contributed by atoms with Gasteiger partial charge in [0.2, 0.25) is 5.91 Å². The van der Waals surface area contributed by atoms with Crippen molar-refractivity contribution in [3.8, 4) is 5.75 Å². The van der Waals surface area contributed by atoms with Crippen molar-refractivity contribution in [1.29, 1.82) is 0 Å². The van der Waals surface area contributed by atoms with Crippen LogP contribution in [0.4, 0.5) is 5.69 Å². The van der Waals surface area contributed by atoms with Gasteiger partial charge in [0.25, 0.3) is 5.91 Å². The quantitative estimate of drug-likeness (QED) is 0.683. The molecule has 1 saturated heterocycles. The summed E-state index contributed by atoms with van der Waals surface area (Å²) in [6.07, 6.45) is 0. The summed E-state index contributed by atoms with van der Waals surface area (Å²) in [6, 6.07) is 13.3. The first-order valence-corrected chi connectivity index (χ1v) is 10.4. The fourth-order valence-electron chi connectivity index (χ4n) is 3.96. The highest BCUT2D eigenvalue weighted by Gasteiger charge is 2.26. The first kappa shape index (κ1) is 20.9. The Morgan fingerprint density at radius 1 is 1.03 bits per heavy atom. The SMILES string of the molecule is COc1cccc2cc(C(=O)N3CCN(CC(=O)Nc4c(C)cccc4C)CC3)oc12. The van der Waals surface area contributed by atoms with Crippen LogP contribution in [0.5, 0.6) is 5.75 Å². The number of para-hydroxylation sites is 2. The molecule has 0 unspecified atom stereocenters. The number of rotatable bonds is 5. The number of nitrogens with one attached hydrogen (secondary N) is 1. The molecule has 0 saturated carbocycles. The Kier molecular flexibility index (Phi) is 5.95. The van der Waals surface area contributed by atoms with Gasteiger partial charge in [0.15, 0.2) is 17.1 Å². The number of hydrogen-bond donors (Lipinski definition) is 1. The van der Waals surface area contributed by atoms with Crippen molar-refractivity contribution in [3.05, 3.63) is 59.4 Å². The zero-order valence-electron chi connectivity index (χ0n) is 18.1. The summed E-state index contributed by atoms with van der Waals surface area (Å²) in [5.41, 5.74) is 3.55. The predicted molar refractivity (Wildman–Crippen MR) is 120 cm³/mol. The van der Waals surface area contributed by atoms with Crippen molar-refractivity contribution in [2.45, 2.75) is 13.8 Å². The van der Waals surface area contributed by atoms with E-state index in [-0.39, 0.29) is 11.8 Å². The van der Waals surface area contributed by atoms with Gasteiger partial charge in [-0.2, -0.15) is 0 Å². The number of methoxy groups -OCH3 is 1. The van der Waals surface area contributed by atoms with E-state index in [1.807, 2.05) is 50.2 Å². The van der Waals surface area contributed by atoms with Gasteiger partial charge in [0, 0.05) is 37.3 Å². The van der Waals surface area contributed by atoms with Crippen LogP contribution in [0.1, 0.15) is 21.7 Å². The molecule has 31 heavy (non-hydrogen) atoms. The van der Waals surface area contributed by atoms with Crippen LogP contribution in [0.25, 0.3) is 11.0 Å². The van der Waals surface area contributed by atoms with Crippen molar-refractivity contribution in [2.24, 2.45) is 0 Å². The first-order chi connectivity index (χ1) is 15.0. The van der Waals surface area contributed by atoms with Gasteiger partial charge in [0.05, 0.1) is 13.7 Å². The second kappa shape index (κ2) is 8.81. The highest BCUT2D eigenvalue weighted by Crippen LogP contribution is 2.29. The summed E-state index contributed by atoms with van der Waals surface area (Å²) < 4.78 is 11.1. The topological polar surface area (TPSA) is 75.0 Å². The van der Waals surface area contributed by atoms with Crippen molar-refractivity contribution >= 4 is 28.5 Å². The summed E-state index contributed by atoms with van der Waals surface area (Å²) in [6.45, 7) is 6.64. The fourth-order valence-corrected chi connectivity index (χ4v) is 3.96. The molecule has 4 rings (SSSR count). The lowest BCUT2D eigenvalue weighted by Gasteiger charge is -2.33. The van der Waals surface area contributed by atoms with Gasteiger partial charge in [-0.05, 0) is 37.1 Å². The van der Waals surface area contributed by atoms with Crippen LogP contribution in [0.15, 0.2) is 46.9 Å². The van der Waals surface area contributed by atoms with Gasteiger partial charge in [-0.3, -0.25) is 14.5 Å². The van der Waals surface area contributed by atoms with Gasteiger partial charge in [-0.25, -0.2) is 0 Å². The van der Waals surface area contributed by atoms with Gasteiger partial charge >= 0.3 is 0 Å². The molecule has 1 aliphatic rings. The molecule has 1 aromatic heterocycles. The molecule has 0 spiro atoms. The number of amides is 2. The van der Waals surface area contributed by atoms with E-state index < -0.39 is 0 Å². The lowest BCUT2D eigenvalue weighted by atomic mass is 10.1. The average molecular weight is 421 g/mol. The Balaban J connectivity index is 1.34. The molecular weight excluding hydrogens is 394 g/mol. The van der Waals surface area contributed by atoms with Crippen LogP contribution in [0.2, 0.25) is 0 Å². The minimum absolute atomic E-state index is 0.0402. The Labute approximate surface area is 181 Å². The summed E-state index contributed by atoms with van der Waals surface area (Å²) in [5.74, 6) is 0.733. The molecule has 1 fully saturated rings. The van der Waals surface area contributed by atoms with E-state index in [2.05, 4.69) is 10.2 Å². The van der Waals surface area contributed by atoms with Crippen molar-refractivity contribution in [2.75, 3.05) is 45.2 Å². The van der Waals surface area contributed by atoms with Crippen LogP contribution in [0, 0.1) is 13.8 Å². The number of aryl methyl sites for hydroxylation is 2. The molecule has 7 heteroatoms. The third kappa shape index (κ3) is 4.41. The second-order valence-electron chi connectivity index (χ2n) is 7.87. The number of hydrogen-bond acceptors (Lipinski definition) is 5. The van der Waals surface area contributed by atoms with E-state index in [9.17, 15) is 9.59 Å². The lowest BCUT2D eigenvalue weighted by Crippen LogP contribution is -2.50. The van der Waals surface area contributed by atoms with Gasteiger partial charge in [-0.1, -0.05) is 30.3 Å². The van der Waals surface area contributed by atoms with Gasteiger partial charge < -0.3 is 19.4 Å². The van der Waals surface area contributed by atoms with E-state index in [4.69, 9.17) is 9.15 Å². The molecular formula is C24H27N3O4. The average Bonchev–Trinajstić information content (AvgIpc) is 3.21. The number of ether oxygens (including phenoxy) is 1. The maximum absolute atomic E-state index is 12.9. The molecule has 2 heterocycles. The lowest BCUT2D eigenvalue weighted by molar-refractivity contribution is -0.117. The molecule has 1 N–H and O–H groups in total. The number of carbonyl (C=O) groups is 2. The van der Waals surface area contributed by atoms with Gasteiger partial charge in [0.1, 0.15) is 0 Å². The highest BCUT2D eigenvalue weighted by atomic mass is 16.5. The summed E-state index contributed by atoms with van der Waals surface area (Å²) in [7, 11) is 1.58. The fraction of sp³-hybridized carbons (Fsp3) is 0.333. The van der Waals surface area contributed by atoms with E-state index in [0.29, 0.717) is 49.8 Å².